The summed E-state index contributed by atoms with van der Waals surface area (Å²) in [4.78, 5) is 0. The van der Waals surface area contributed by atoms with Gasteiger partial charge >= 0.3 is 0 Å². The van der Waals surface area contributed by atoms with Crippen molar-refractivity contribution >= 4 is 10.0 Å². The van der Waals surface area contributed by atoms with Crippen LogP contribution in [-0.4, -0.2) is 194 Å². The van der Waals surface area contributed by atoms with Crippen molar-refractivity contribution in [3.8, 4) is 0 Å². The standard InChI is InChI=1S/C31H60N8O14S/c32-5-8-54(46,47)39-17-9-16(35)25(51-28-15(34)2-1-14(48-28)11-38-13-31(45)3-6-37-7-4-31)27(21(17)41)53-30-24(44)26(19(12-40)50-30)52-29-20(36)23(43)22(42)18(10-33)49-29/h1,15-30,37-45H,2-13,32-36H2/t15-,16+,17-,18+,19-,20-,21+,22-,23-,24-,25-,26-,27-,28-,29-,30+/m1/s1. The van der Waals surface area contributed by atoms with E-state index in [1.807, 2.05) is 0 Å². The van der Waals surface area contributed by atoms with Crippen LogP contribution in [0.3, 0.4) is 0 Å². The number of nitrogens with two attached hydrogens (primary N) is 5. The largest absolute Gasteiger partial charge is 0.467 e. The van der Waals surface area contributed by atoms with E-state index in [2.05, 4.69) is 15.4 Å². The third kappa shape index (κ3) is 10.4. The topological polar surface area (TPSA) is 377 Å². The third-order valence-electron chi connectivity index (χ3n) is 10.6. The molecular weight excluding hydrogens is 740 g/mol. The predicted octanol–water partition coefficient (Wildman–Crippen LogP) is -8.05. The molecule has 0 bridgehead atoms. The molecule has 0 spiro atoms. The maximum absolute atomic E-state index is 12.7. The second-order valence-electron chi connectivity index (χ2n) is 14.7. The number of hydrogen-bond donors (Lipinski definition) is 14. The van der Waals surface area contributed by atoms with E-state index in [-0.39, 0.29) is 26.1 Å². The summed E-state index contributed by atoms with van der Waals surface area (Å²) in [6.07, 6.45) is -13.5. The van der Waals surface area contributed by atoms with Crippen LogP contribution in [0.4, 0.5) is 0 Å². The third-order valence-corrected chi connectivity index (χ3v) is 12.0. The summed E-state index contributed by atoms with van der Waals surface area (Å²) >= 11 is 0. The molecule has 0 aromatic rings. The Kier molecular flexibility index (Phi) is 15.4. The Morgan fingerprint density at radius 1 is 0.870 bits per heavy atom. The van der Waals surface area contributed by atoms with Gasteiger partial charge in [-0.3, -0.25) is 0 Å². The van der Waals surface area contributed by atoms with Crippen LogP contribution in [0, 0.1) is 0 Å². The van der Waals surface area contributed by atoms with Crippen LogP contribution in [0.15, 0.2) is 11.8 Å². The minimum Gasteiger partial charge on any atom is -0.467 e. The van der Waals surface area contributed by atoms with E-state index >= 15 is 0 Å². The molecule has 4 fully saturated rings. The van der Waals surface area contributed by atoms with Gasteiger partial charge in [-0.1, -0.05) is 0 Å². The molecule has 3 saturated heterocycles. The van der Waals surface area contributed by atoms with Gasteiger partial charge in [0.1, 0.15) is 54.6 Å². The zero-order valence-corrected chi connectivity index (χ0v) is 30.9. The van der Waals surface area contributed by atoms with Gasteiger partial charge in [-0.05, 0) is 44.8 Å². The van der Waals surface area contributed by atoms with Crippen molar-refractivity contribution in [1.29, 1.82) is 0 Å². The first-order chi connectivity index (χ1) is 25.6. The smallest absolute Gasteiger partial charge is 0.215 e. The molecule has 5 rings (SSSR count). The Balaban J connectivity index is 1.31. The molecule has 0 aromatic heterocycles. The van der Waals surface area contributed by atoms with Crippen LogP contribution < -0.4 is 44.0 Å². The first kappa shape index (κ1) is 43.8. The molecule has 16 atom stereocenters. The highest BCUT2D eigenvalue weighted by atomic mass is 32.2. The molecular formula is C31H60N8O14S. The Bertz CT molecular complexity index is 1330. The molecule has 22 nitrogen and oxygen atoms in total. The number of aliphatic hydroxyl groups is 6. The van der Waals surface area contributed by atoms with Crippen LogP contribution in [0.1, 0.15) is 25.7 Å². The molecule has 0 radical (unpaired) electrons. The number of rotatable bonds is 16. The van der Waals surface area contributed by atoms with E-state index in [4.69, 9.17) is 57.1 Å². The van der Waals surface area contributed by atoms with Crippen molar-refractivity contribution in [2.45, 2.75) is 129 Å². The van der Waals surface area contributed by atoms with Crippen molar-refractivity contribution in [3.63, 3.8) is 0 Å². The van der Waals surface area contributed by atoms with Crippen molar-refractivity contribution in [2.75, 3.05) is 51.6 Å². The highest BCUT2D eigenvalue weighted by Gasteiger charge is 2.54. The Morgan fingerprint density at radius 3 is 2.20 bits per heavy atom. The molecule has 4 heterocycles. The summed E-state index contributed by atoms with van der Waals surface area (Å²) in [5.74, 6) is 0.0649. The maximum atomic E-state index is 12.7. The quantitative estimate of drug-likeness (QED) is 0.0689. The van der Waals surface area contributed by atoms with Gasteiger partial charge < -0.3 is 98.4 Å². The SMILES string of the molecule is NCCS(=O)(=O)N[C@@H]1C[C@H](N)[C@@H](O[C@H]2OC(CNCC3(O)CCNCC3)=CC[C@H]2N)[C@H](O[C@@H]2O[C@H](CO)[C@@H](O[C@H]3O[C@@H](CN)[C@@H](O)[C@H](O)[C@H]3N)[C@H]2O)[C@H]1O. The van der Waals surface area contributed by atoms with Gasteiger partial charge in [-0.15, -0.1) is 0 Å². The van der Waals surface area contributed by atoms with Crippen LogP contribution in [0.25, 0.3) is 0 Å². The number of hydrogen-bond acceptors (Lipinski definition) is 21. The van der Waals surface area contributed by atoms with E-state index < -0.39 is 126 Å². The minimum absolute atomic E-state index is 0.110. The molecule has 0 aromatic carbocycles. The lowest BCUT2D eigenvalue weighted by molar-refractivity contribution is -0.282. The van der Waals surface area contributed by atoms with Crippen LogP contribution in [-0.2, 0) is 38.4 Å². The van der Waals surface area contributed by atoms with Crippen molar-refractivity contribution in [2.24, 2.45) is 28.7 Å². The number of sulfonamides is 1. The molecule has 54 heavy (non-hydrogen) atoms. The van der Waals surface area contributed by atoms with Gasteiger partial charge in [0.05, 0.1) is 48.7 Å². The number of piperidine rings is 1. The maximum Gasteiger partial charge on any atom is 0.215 e. The van der Waals surface area contributed by atoms with Crippen molar-refractivity contribution in [3.05, 3.63) is 11.8 Å². The monoisotopic (exact) mass is 800 g/mol. The van der Waals surface area contributed by atoms with Gasteiger partial charge in [0, 0.05) is 25.7 Å². The van der Waals surface area contributed by atoms with E-state index in [0.29, 0.717) is 44.7 Å². The first-order valence-electron chi connectivity index (χ1n) is 18.4. The summed E-state index contributed by atoms with van der Waals surface area (Å²) in [5, 5.41) is 71.2. The molecule has 23 heteroatoms. The molecule has 4 aliphatic heterocycles. The molecule has 1 saturated carbocycles. The van der Waals surface area contributed by atoms with Gasteiger partial charge in [-0.25, -0.2) is 13.1 Å². The van der Waals surface area contributed by atoms with Crippen molar-refractivity contribution in [1.82, 2.24) is 15.4 Å². The van der Waals surface area contributed by atoms with Gasteiger partial charge in [0.15, 0.2) is 12.6 Å². The highest BCUT2D eigenvalue weighted by Crippen LogP contribution is 2.34. The lowest BCUT2D eigenvalue weighted by atomic mass is 9.84. The molecule has 0 amide bonds. The van der Waals surface area contributed by atoms with Crippen LogP contribution in [0.2, 0.25) is 0 Å². The summed E-state index contributed by atoms with van der Waals surface area (Å²) in [6, 6.07) is -4.15. The van der Waals surface area contributed by atoms with Crippen molar-refractivity contribution < 1.29 is 67.5 Å². The first-order valence-corrected chi connectivity index (χ1v) is 20.0. The zero-order chi connectivity index (χ0) is 39.4. The van der Waals surface area contributed by atoms with E-state index in [1.54, 1.807) is 6.08 Å². The highest BCUT2D eigenvalue weighted by molar-refractivity contribution is 7.89. The Morgan fingerprint density at radius 2 is 1.54 bits per heavy atom. The molecule has 5 aliphatic rings. The predicted molar refractivity (Wildman–Crippen MR) is 188 cm³/mol. The summed E-state index contributed by atoms with van der Waals surface area (Å²) in [7, 11) is -3.96. The summed E-state index contributed by atoms with van der Waals surface area (Å²) < 4.78 is 63.8. The normalized spacial score (nSPS) is 43.1. The molecule has 0 unspecified atom stereocenters. The number of nitrogens with one attached hydrogen (secondary N) is 3. The van der Waals surface area contributed by atoms with Gasteiger partial charge in [0.2, 0.25) is 16.3 Å². The Hall–Kier alpha value is -1.27. The van der Waals surface area contributed by atoms with Gasteiger partial charge in [0.25, 0.3) is 0 Å². The number of aliphatic hydroxyl groups excluding tert-OH is 5. The van der Waals surface area contributed by atoms with E-state index in [9.17, 15) is 39.1 Å². The van der Waals surface area contributed by atoms with E-state index in [1.165, 1.54) is 0 Å². The minimum atomic E-state index is -3.96. The fraction of sp³-hybridized carbons (Fsp3) is 0.935. The average Bonchev–Trinajstić information content (AvgIpc) is 3.42. The fourth-order valence-corrected chi connectivity index (χ4v) is 8.52. The summed E-state index contributed by atoms with van der Waals surface area (Å²) in [6.45, 7) is 0.946. The Labute approximate surface area is 314 Å². The molecule has 1 aliphatic carbocycles. The average molecular weight is 801 g/mol. The second kappa shape index (κ2) is 19.0. The van der Waals surface area contributed by atoms with E-state index in [0.717, 1.165) is 0 Å². The van der Waals surface area contributed by atoms with Crippen LogP contribution in [0.5, 0.6) is 0 Å². The fourth-order valence-electron chi connectivity index (χ4n) is 7.39. The van der Waals surface area contributed by atoms with Gasteiger partial charge in [-0.2, -0.15) is 0 Å². The zero-order valence-electron chi connectivity index (χ0n) is 30.0. The lowest BCUT2D eigenvalue weighted by Gasteiger charge is -2.46. The second-order valence-corrected chi connectivity index (χ2v) is 16.6. The number of ether oxygens (including phenoxy) is 6. The molecule has 19 N–H and O–H groups in total. The lowest BCUT2D eigenvalue weighted by Crippen LogP contribution is -2.66. The summed E-state index contributed by atoms with van der Waals surface area (Å²) in [5.41, 5.74) is 29.3. The van der Waals surface area contributed by atoms with Crippen LogP contribution >= 0.6 is 0 Å². The molecule has 314 valence electrons.